The van der Waals surface area contributed by atoms with Crippen molar-refractivity contribution in [3.63, 3.8) is 0 Å². The SMILES string of the molecule is Cc1cc2ncn(-c3ccc(CBr)cc3Cl)c2cc1C. The van der Waals surface area contributed by atoms with Crippen LogP contribution < -0.4 is 0 Å². The summed E-state index contributed by atoms with van der Waals surface area (Å²) in [7, 11) is 0. The highest BCUT2D eigenvalue weighted by Crippen LogP contribution is 2.27. The first kappa shape index (κ1) is 13.7. The molecule has 0 fully saturated rings. The van der Waals surface area contributed by atoms with Gasteiger partial charge in [0.05, 0.1) is 21.7 Å². The highest BCUT2D eigenvalue weighted by molar-refractivity contribution is 9.08. The number of halogens is 2. The van der Waals surface area contributed by atoms with Crippen LogP contribution in [0.25, 0.3) is 16.7 Å². The molecular formula is C16H14BrClN2. The van der Waals surface area contributed by atoms with Gasteiger partial charge in [-0.15, -0.1) is 0 Å². The minimum absolute atomic E-state index is 0.736. The quantitative estimate of drug-likeness (QED) is 0.582. The molecule has 0 saturated carbocycles. The van der Waals surface area contributed by atoms with E-state index in [0.29, 0.717) is 0 Å². The summed E-state index contributed by atoms with van der Waals surface area (Å²) in [6.45, 7) is 4.22. The largest absolute Gasteiger partial charge is 0.297 e. The second-order valence-corrected chi connectivity index (χ2v) is 5.93. The fraction of sp³-hybridized carbons (Fsp3) is 0.188. The van der Waals surface area contributed by atoms with Gasteiger partial charge in [0, 0.05) is 5.33 Å². The van der Waals surface area contributed by atoms with Crippen LogP contribution >= 0.6 is 27.5 Å². The average molecular weight is 350 g/mol. The fourth-order valence-corrected chi connectivity index (χ4v) is 2.93. The lowest BCUT2D eigenvalue weighted by Crippen LogP contribution is -1.94. The van der Waals surface area contributed by atoms with E-state index in [1.54, 1.807) is 0 Å². The van der Waals surface area contributed by atoms with Gasteiger partial charge in [0.2, 0.25) is 0 Å². The summed E-state index contributed by atoms with van der Waals surface area (Å²) in [6.07, 6.45) is 1.83. The van der Waals surface area contributed by atoms with Gasteiger partial charge in [0.15, 0.2) is 0 Å². The van der Waals surface area contributed by atoms with E-state index in [1.165, 1.54) is 11.1 Å². The molecule has 0 aliphatic carbocycles. The van der Waals surface area contributed by atoms with Crippen LogP contribution in [0, 0.1) is 13.8 Å². The van der Waals surface area contributed by atoms with Crippen LogP contribution in [0.15, 0.2) is 36.7 Å². The zero-order valence-electron chi connectivity index (χ0n) is 11.3. The van der Waals surface area contributed by atoms with E-state index in [9.17, 15) is 0 Å². The van der Waals surface area contributed by atoms with Gasteiger partial charge in [-0.05, 0) is 54.8 Å². The van der Waals surface area contributed by atoms with Crippen LogP contribution in [-0.4, -0.2) is 9.55 Å². The molecule has 1 heterocycles. The zero-order valence-corrected chi connectivity index (χ0v) is 13.7. The Morgan fingerprint density at radius 2 is 1.90 bits per heavy atom. The maximum absolute atomic E-state index is 6.40. The fourth-order valence-electron chi connectivity index (χ4n) is 2.29. The van der Waals surface area contributed by atoms with Gasteiger partial charge in [-0.1, -0.05) is 33.6 Å². The highest BCUT2D eigenvalue weighted by Gasteiger charge is 2.09. The van der Waals surface area contributed by atoms with Crippen molar-refractivity contribution in [1.29, 1.82) is 0 Å². The summed E-state index contributed by atoms with van der Waals surface area (Å²) < 4.78 is 2.04. The van der Waals surface area contributed by atoms with Crippen molar-refractivity contribution in [1.82, 2.24) is 9.55 Å². The number of aromatic nitrogens is 2. The van der Waals surface area contributed by atoms with Crippen LogP contribution in [0.4, 0.5) is 0 Å². The van der Waals surface area contributed by atoms with Crippen LogP contribution in [0.1, 0.15) is 16.7 Å². The molecule has 0 amide bonds. The van der Waals surface area contributed by atoms with Gasteiger partial charge in [-0.2, -0.15) is 0 Å². The zero-order chi connectivity index (χ0) is 14.3. The first-order valence-electron chi connectivity index (χ1n) is 6.39. The smallest absolute Gasteiger partial charge is 0.100 e. The van der Waals surface area contributed by atoms with Gasteiger partial charge < -0.3 is 0 Å². The average Bonchev–Trinajstić information content (AvgIpc) is 2.82. The molecular weight excluding hydrogens is 336 g/mol. The van der Waals surface area contributed by atoms with Crippen molar-refractivity contribution in [2.75, 3.05) is 0 Å². The van der Waals surface area contributed by atoms with E-state index in [2.05, 4.69) is 53.0 Å². The predicted octanol–water partition coefficient (Wildman–Crippen LogP) is 5.19. The Kier molecular flexibility index (Phi) is 3.57. The second-order valence-electron chi connectivity index (χ2n) is 4.96. The molecule has 3 rings (SSSR count). The van der Waals surface area contributed by atoms with Crippen molar-refractivity contribution >= 4 is 38.6 Å². The minimum atomic E-state index is 0.736. The standard InChI is InChI=1S/C16H14BrClN2/c1-10-5-14-16(6-11(10)2)20(9-19-14)15-4-3-12(8-17)7-13(15)18/h3-7,9H,8H2,1-2H3. The summed E-state index contributed by atoms with van der Waals surface area (Å²) in [4.78, 5) is 4.48. The summed E-state index contributed by atoms with van der Waals surface area (Å²) in [6, 6.07) is 10.4. The topological polar surface area (TPSA) is 17.8 Å². The van der Waals surface area contributed by atoms with E-state index < -0.39 is 0 Å². The predicted molar refractivity (Wildman–Crippen MR) is 88.2 cm³/mol. The van der Waals surface area contributed by atoms with Crippen molar-refractivity contribution in [3.05, 3.63) is 58.4 Å². The molecule has 0 atom stereocenters. The van der Waals surface area contributed by atoms with Crippen molar-refractivity contribution in [2.45, 2.75) is 19.2 Å². The molecule has 4 heteroatoms. The normalized spacial score (nSPS) is 11.2. The van der Waals surface area contributed by atoms with Gasteiger partial charge >= 0.3 is 0 Å². The van der Waals surface area contributed by atoms with Gasteiger partial charge in [0.1, 0.15) is 6.33 Å². The third-order valence-corrected chi connectivity index (χ3v) is 4.54. The number of imidazole rings is 1. The molecule has 1 aromatic heterocycles. The molecule has 0 spiro atoms. The Morgan fingerprint density at radius 3 is 2.60 bits per heavy atom. The first-order valence-corrected chi connectivity index (χ1v) is 7.89. The first-order chi connectivity index (χ1) is 9.60. The Hall–Kier alpha value is -1.32. The van der Waals surface area contributed by atoms with Crippen LogP contribution in [0.5, 0.6) is 0 Å². The third kappa shape index (κ3) is 2.25. The molecule has 0 bridgehead atoms. The number of alkyl halides is 1. The molecule has 0 unspecified atom stereocenters. The third-order valence-electron chi connectivity index (χ3n) is 3.59. The summed E-state index contributed by atoms with van der Waals surface area (Å²) in [5.41, 5.74) is 6.71. The Morgan fingerprint density at radius 1 is 1.15 bits per heavy atom. The van der Waals surface area contributed by atoms with Crippen molar-refractivity contribution in [2.24, 2.45) is 0 Å². The lowest BCUT2D eigenvalue weighted by Gasteiger charge is -2.09. The number of nitrogens with zero attached hydrogens (tertiary/aromatic N) is 2. The summed E-state index contributed by atoms with van der Waals surface area (Å²) >= 11 is 9.85. The summed E-state index contributed by atoms with van der Waals surface area (Å²) in [5.74, 6) is 0. The molecule has 3 aromatic rings. The van der Waals surface area contributed by atoms with E-state index >= 15 is 0 Å². The molecule has 0 aliphatic rings. The lowest BCUT2D eigenvalue weighted by atomic mass is 10.1. The molecule has 0 radical (unpaired) electrons. The number of hydrogen-bond donors (Lipinski definition) is 0. The highest BCUT2D eigenvalue weighted by atomic mass is 79.9. The second kappa shape index (κ2) is 5.23. The summed E-state index contributed by atoms with van der Waals surface area (Å²) in [5, 5.41) is 1.54. The van der Waals surface area contributed by atoms with Crippen LogP contribution in [0.2, 0.25) is 5.02 Å². The van der Waals surface area contributed by atoms with Crippen LogP contribution in [-0.2, 0) is 5.33 Å². The molecule has 2 aromatic carbocycles. The molecule has 0 aliphatic heterocycles. The van der Waals surface area contributed by atoms with Crippen LogP contribution in [0.3, 0.4) is 0 Å². The molecule has 0 N–H and O–H groups in total. The Bertz CT molecular complexity index is 793. The monoisotopic (exact) mass is 348 g/mol. The van der Waals surface area contributed by atoms with Gasteiger partial charge in [0.25, 0.3) is 0 Å². The van der Waals surface area contributed by atoms with Crippen molar-refractivity contribution in [3.8, 4) is 5.69 Å². The maximum atomic E-state index is 6.40. The number of fused-ring (bicyclic) bond motifs is 1. The van der Waals surface area contributed by atoms with Gasteiger partial charge in [-0.3, -0.25) is 4.57 Å². The maximum Gasteiger partial charge on any atom is 0.100 e. The number of aryl methyl sites for hydroxylation is 2. The Labute approximate surface area is 131 Å². The molecule has 2 nitrogen and oxygen atoms in total. The minimum Gasteiger partial charge on any atom is -0.297 e. The van der Waals surface area contributed by atoms with Crippen molar-refractivity contribution < 1.29 is 0 Å². The van der Waals surface area contributed by atoms with E-state index in [4.69, 9.17) is 11.6 Å². The van der Waals surface area contributed by atoms with E-state index in [-0.39, 0.29) is 0 Å². The number of hydrogen-bond acceptors (Lipinski definition) is 1. The molecule has 0 saturated heterocycles. The van der Waals surface area contributed by atoms with E-state index in [0.717, 1.165) is 32.6 Å². The van der Waals surface area contributed by atoms with Gasteiger partial charge in [-0.25, -0.2) is 4.98 Å². The lowest BCUT2D eigenvalue weighted by molar-refractivity contribution is 1.09. The van der Waals surface area contributed by atoms with E-state index in [1.807, 2.05) is 23.0 Å². The molecule has 102 valence electrons. The number of benzene rings is 2. The Balaban J connectivity index is 2.22. The molecule has 20 heavy (non-hydrogen) atoms. The number of rotatable bonds is 2.